The summed E-state index contributed by atoms with van der Waals surface area (Å²) >= 11 is 0. The molecule has 4 nitrogen and oxygen atoms in total. The molecule has 0 bridgehead atoms. The summed E-state index contributed by atoms with van der Waals surface area (Å²) in [6.07, 6.45) is 4.45. The molecule has 0 amide bonds. The average Bonchev–Trinajstić information content (AvgIpc) is 2.86. The van der Waals surface area contributed by atoms with Gasteiger partial charge in [0.05, 0.1) is 6.61 Å². The van der Waals surface area contributed by atoms with E-state index in [1.807, 2.05) is 6.07 Å². The predicted octanol–water partition coefficient (Wildman–Crippen LogP) is 2.33. The van der Waals surface area contributed by atoms with Crippen LogP contribution in [0.15, 0.2) is 12.1 Å². The summed E-state index contributed by atoms with van der Waals surface area (Å²) in [5.41, 5.74) is 8.64. The van der Waals surface area contributed by atoms with Gasteiger partial charge in [-0.3, -0.25) is 0 Å². The van der Waals surface area contributed by atoms with Crippen LogP contribution in [-0.2, 0) is 16.9 Å². The third-order valence-corrected chi connectivity index (χ3v) is 4.10. The molecule has 1 aromatic carbocycles. The SMILES string of the molecule is COCc1cc2c(cc1C1(N)CCCC1)OCCO2. The Kier molecular flexibility index (Phi) is 3.37. The largest absolute Gasteiger partial charge is 0.486 e. The van der Waals surface area contributed by atoms with E-state index in [9.17, 15) is 0 Å². The molecule has 2 N–H and O–H groups in total. The third-order valence-electron chi connectivity index (χ3n) is 4.10. The lowest BCUT2D eigenvalue weighted by Gasteiger charge is -2.29. The van der Waals surface area contributed by atoms with Gasteiger partial charge in [0.25, 0.3) is 0 Å². The van der Waals surface area contributed by atoms with Gasteiger partial charge in [-0.15, -0.1) is 0 Å². The van der Waals surface area contributed by atoms with Gasteiger partial charge in [0.15, 0.2) is 11.5 Å². The normalized spacial score (nSPS) is 20.5. The van der Waals surface area contributed by atoms with Gasteiger partial charge in [0.2, 0.25) is 0 Å². The van der Waals surface area contributed by atoms with E-state index in [1.165, 1.54) is 12.8 Å². The van der Waals surface area contributed by atoms with Crippen molar-refractivity contribution in [2.45, 2.75) is 37.8 Å². The van der Waals surface area contributed by atoms with E-state index in [1.54, 1.807) is 7.11 Å². The molecule has 0 unspecified atom stereocenters. The van der Waals surface area contributed by atoms with Gasteiger partial charge in [0, 0.05) is 12.6 Å². The third kappa shape index (κ3) is 2.30. The first-order valence-electron chi connectivity index (χ1n) is 6.94. The van der Waals surface area contributed by atoms with Gasteiger partial charge in [-0.1, -0.05) is 12.8 Å². The molecule has 1 saturated carbocycles. The van der Waals surface area contributed by atoms with Crippen molar-refractivity contribution in [2.75, 3.05) is 20.3 Å². The van der Waals surface area contributed by atoms with Crippen LogP contribution in [0.25, 0.3) is 0 Å². The summed E-state index contributed by atoms with van der Waals surface area (Å²) in [4.78, 5) is 0. The number of rotatable bonds is 3. The maximum absolute atomic E-state index is 6.59. The van der Waals surface area contributed by atoms with Crippen LogP contribution in [0.5, 0.6) is 11.5 Å². The lowest BCUT2D eigenvalue weighted by atomic mass is 9.85. The molecule has 104 valence electrons. The maximum atomic E-state index is 6.59. The monoisotopic (exact) mass is 263 g/mol. The van der Waals surface area contributed by atoms with Crippen molar-refractivity contribution in [2.24, 2.45) is 5.73 Å². The summed E-state index contributed by atoms with van der Waals surface area (Å²) in [5.74, 6) is 1.63. The molecule has 1 aromatic rings. The van der Waals surface area contributed by atoms with Crippen molar-refractivity contribution >= 4 is 0 Å². The average molecular weight is 263 g/mol. The van der Waals surface area contributed by atoms with Gasteiger partial charge in [0.1, 0.15) is 13.2 Å². The lowest BCUT2D eigenvalue weighted by molar-refractivity contribution is 0.165. The number of nitrogens with two attached hydrogens (primary N) is 1. The first kappa shape index (κ1) is 12.8. The first-order chi connectivity index (χ1) is 9.23. The molecule has 0 spiro atoms. The zero-order valence-corrected chi connectivity index (χ0v) is 11.4. The number of hydrogen-bond donors (Lipinski definition) is 1. The molecule has 1 fully saturated rings. The van der Waals surface area contributed by atoms with E-state index < -0.39 is 0 Å². The van der Waals surface area contributed by atoms with Crippen LogP contribution in [0, 0.1) is 0 Å². The zero-order chi connectivity index (χ0) is 13.3. The van der Waals surface area contributed by atoms with Crippen molar-refractivity contribution in [3.63, 3.8) is 0 Å². The summed E-state index contributed by atoms with van der Waals surface area (Å²) in [6.45, 7) is 1.77. The number of benzene rings is 1. The highest BCUT2D eigenvalue weighted by Gasteiger charge is 2.34. The van der Waals surface area contributed by atoms with E-state index in [0.717, 1.165) is 35.5 Å². The Hall–Kier alpha value is -1.26. The fourth-order valence-corrected chi connectivity index (χ4v) is 3.14. The Morgan fingerprint density at radius 2 is 1.79 bits per heavy atom. The van der Waals surface area contributed by atoms with Crippen LogP contribution < -0.4 is 15.2 Å². The fraction of sp³-hybridized carbons (Fsp3) is 0.600. The highest BCUT2D eigenvalue weighted by atomic mass is 16.6. The molecule has 2 aliphatic rings. The summed E-state index contributed by atoms with van der Waals surface area (Å²) in [5, 5.41) is 0. The Balaban J connectivity index is 2.05. The van der Waals surface area contributed by atoms with Crippen LogP contribution in [0.4, 0.5) is 0 Å². The highest BCUT2D eigenvalue weighted by molar-refractivity contribution is 5.50. The summed E-state index contributed by atoms with van der Waals surface area (Å²) in [6, 6.07) is 4.09. The zero-order valence-electron chi connectivity index (χ0n) is 11.4. The van der Waals surface area contributed by atoms with Gasteiger partial charge >= 0.3 is 0 Å². The van der Waals surface area contributed by atoms with Crippen LogP contribution >= 0.6 is 0 Å². The molecule has 1 aliphatic heterocycles. The van der Waals surface area contributed by atoms with Gasteiger partial charge < -0.3 is 19.9 Å². The molecular weight excluding hydrogens is 242 g/mol. The smallest absolute Gasteiger partial charge is 0.161 e. The molecule has 0 atom stereocenters. The van der Waals surface area contributed by atoms with Crippen molar-refractivity contribution in [1.82, 2.24) is 0 Å². The van der Waals surface area contributed by atoms with Crippen molar-refractivity contribution in [3.05, 3.63) is 23.3 Å². The van der Waals surface area contributed by atoms with Crippen LogP contribution in [0.3, 0.4) is 0 Å². The molecule has 1 aliphatic carbocycles. The van der Waals surface area contributed by atoms with Gasteiger partial charge in [-0.2, -0.15) is 0 Å². The number of hydrogen-bond acceptors (Lipinski definition) is 4. The number of ether oxygens (including phenoxy) is 3. The Bertz CT molecular complexity index is 467. The number of methoxy groups -OCH3 is 1. The van der Waals surface area contributed by atoms with E-state index in [2.05, 4.69) is 6.07 Å². The second-order valence-electron chi connectivity index (χ2n) is 5.45. The molecule has 0 aromatic heterocycles. The first-order valence-corrected chi connectivity index (χ1v) is 6.94. The molecule has 4 heteroatoms. The molecular formula is C15H21NO3. The van der Waals surface area contributed by atoms with Crippen LogP contribution in [-0.4, -0.2) is 20.3 Å². The van der Waals surface area contributed by atoms with E-state index in [4.69, 9.17) is 19.9 Å². The predicted molar refractivity (Wildman–Crippen MR) is 72.5 cm³/mol. The minimum atomic E-state index is -0.232. The van der Waals surface area contributed by atoms with E-state index in [0.29, 0.717) is 19.8 Å². The topological polar surface area (TPSA) is 53.7 Å². The minimum absolute atomic E-state index is 0.232. The second-order valence-corrected chi connectivity index (χ2v) is 5.45. The minimum Gasteiger partial charge on any atom is -0.486 e. The van der Waals surface area contributed by atoms with Crippen molar-refractivity contribution in [3.8, 4) is 11.5 Å². The van der Waals surface area contributed by atoms with Gasteiger partial charge in [-0.05, 0) is 36.1 Å². The van der Waals surface area contributed by atoms with Crippen molar-refractivity contribution in [1.29, 1.82) is 0 Å². The molecule has 0 saturated heterocycles. The molecule has 3 rings (SSSR count). The Morgan fingerprint density at radius 1 is 1.16 bits per heavy atom. The summed E-state index contributed by atoms with van der Waals surface area (Å²) < 4.78 is 16.6. The lowest BCUT2D eigenvalue weighted by Crippen LogP contribution is -2.34. The highest BCUT2D eigenvalue weighted by Crippen LogP contribution is 2.43. The Labute approximate surface area is 113 Å². The standard InChI is InChI=1S/C15H21NO3/c1-17-10-11-8-13-14(19-7-6-18-13)9-12(11)15(16)4-2-3-5-15/h8-9H,2-7,10,16H2,1H3. The number of fused-ring (bicyclic) bond motifs is 1. The van der Waals surface area contributed by atoms with E-state index >= 15 is 0 Å². The Morgan fingerprint density at radius 3 is 2.42 bits per heavy atom. The maximum Gasteiger partial charge on any atom is 0.161 e. The van der Waals surface area contributed by atoms with Crippen molar-refractivity contribution < 1.29 is 14.2 Å². The van der Waals surface area contributed by atoms with Gasteiger partial charge in [-0.25, -0.2) is 0 Å². The molecule has 19 heavy (non-hydrogen) atoms. The van der Waals surface area contributed by atoms with Crippen LogP contribution in [0.2, 0.25) is 0 Å². The quantitative estimate of drug-likeness (QED) is 0.909. The second kappa shape index (κ2) is 5.02. The molecule has 0 radical (unpaired) electrons. The fourth-order valence-electron chi connectivity index (χ4n) is 3.14. The van der Waals surface area contributed by atoms with E-state index in [-0.39, 0.29) is 5.54 Å². The summed E-state index contributed by atoms with van der Waals surface area (Å²) in [7, 11) is 1.71. The van der Waals surface area contributed by atoms with Crippen LogP contribution in [0.1, 0.15) is 36.8 Å². The molecule has 1 heterocycles.